The van der Waals surface area contributed by atoms with Gasteiger partial charge < -0.3 is 10.2 Å². The van der Waals surface area contributed by atoms with Crippen LogP contribution in [0.4, 0.5) is 0 Å². The van der Waals surface area contributed by atoms with Gasteiger partial charge in [-0.05, 0) is 45.1 Å². The standard InChI is InChI=1S/C12H22N2/c1-14-8-9-5-6-12(14)11(7-9)13-10-3-2-4-10/h9-13H,2-8H2,1H3. The number of fused-ring (bicyclic) bond motifs is 3. The Hall–Kier alpha value is -0.0800. The van der Waals surface area contributed by atoms with Crippen LogP contribution in [0.5, 0.6) is 0 Å². The Morgan fingerprint density at radius 3 is 2.57 bits per heavy atom. The largest absolute Gasteiger partial charge is 0.310 e. The van der Waals surface area contributed by atoms with Crippen molar-refractivity contribution in [1.29, 1.82) is 0 Å². The van der Waals surface area contributed by atoms with Crippen molar-refractivity contribution < 1.29 is 0 Å². The van der Waals surface area contributed by atoms with Crippen LogP contribution in [0, 0.1) is 5.92 Å². The third-order valence-corrected chi connectivity index (χ3v) is 4.59. The van der Waals surface area contributed by atoms with Crippen molar-refractivity contribution in [1.82, 2.24) is 10.2 Å². The Morgan fingerprint density at radius 1 is 1.14 bits per heavy atom. The Kier molecular flexibility index (Phi) is 2.29. The van der Waals surface area contributed by atoms with Gasteiger partial charge in [-0.25, -0.2) is 0 Å². The minimum absolute atomic E-state index is 0.817. The Morgan fingerprint density at radius 2 is 2.00 bits per heavy atom. The smallest absolute Gasteiger partial charge is 0.0246 e. The third kappa shape index (κ3) is 1.49. The molecule has 0 amide bonds. The van der Waals surface area contributed by atoms with Crippen LogP contribution in [0.15, 0.2) is 0 Å². The Balaban J connectivity index is 1.62. The molecule has 2 heterocycles. The van der Waals surface area contributed by atoms with E-state index < -0.39 is 0 Å². The monoisotopic (exact) mass is 194 g/mol. The second kappa shape index (κ2) is 3.49. The lowest BCUT2D eigenvalue weighted by Crippen LogP contribution is -2.61. The summed E-state index contributed by atoms with van der Waals surface area (Å²) in [6.07, 6.45) is 8.68. The summed E-state index contributed by atoms with van der Waals surface area (Å²) in [6, 6.07) is 2.53. The summed E-state index contributed by atoms with van der Waals surface area (Å²) >= 11 is 0. The van der Waals surface area contributed by atoms with Crippen molar-refractivity contribution in [3.8, 4) is 0 Å². The summed E-state index contributed by atoms with van der Waals surface area (Å²) in [4.78, 5) is 2.59. The molecule has 2 nitrogen and oxygen atoms in total. The predicted octanol–water partition coefficient (Wildman–Crippen LogP) is 1.61. The summed E-state index contributed by atoms with van der Waals surface area (Å²) in [5.74, 6) is 0.988. The molecule has 2 saturated carbocycles. The lowest BCUT2D eigenvalue weighted by Gasteiger charge is -2.50. The molecule has 0 aromatic rings. The number of piperidine rings is 2. The van der Waals surface area contributed by atoms with Crippen molar-refractivity contribution in [2.45, 2.75) is 56.7 Å². The van der Waals surface area contributed by atoms with E-state index in [0.29, 0.717) is 0 Å². The number of nitrogens with zero attached hydrogens (tertiary/aromatic N) is 1. The molecule has 2 aliphatic carbocycles. The van der Waals surface area contributed by atoms with Gasteiger partial charge in [0.15, 0.2) is 0 Å². The molecule has 0 aromatic carbocycles. The van der Waals surface area contributed by atoms with Crippen molar-refractivity contribution in [2.75, 3.05) is 13.6 Å². The van der Waals surface area contributed by atoms with Gasteiger partial charge >= 0.3 is 0 Å². The molecule has 2 heteroatoms. The molecule has 2 bridgehead atoms. The van der Waals surface area contributed by atoms with Gasteiger partial charge in [-0.3, -0.25) is 0 Å². The zero-order valence-electron chi connectivity index (χ0n) is 9.21. The van der Waals surface area contributed by atoms with Crippen LogP contribution >= 0.6 is 0 Å². The minimum atomic E-state index is 0.817. The average molecular weight is 194 g/mol. The van der Waals surface area contributed by atoms with E-state index >= 15 is 0 Å². The maximum atomic E-state index is 3.88. The van der Waals surface area contributed by atoms with Gasteiger partial charge in [0.25, 0.3) is 0 Å². The fraction of sp³-hybridized carbons (Fsp3) is 1.00. The normalized spacial score (nSPS) is 43.9. The highest BCUT2D eigenvalue weighted by molar-refractivity contribution is 4.98. The first-order valence-corrected chi connectivity index (χ1v) is 6.29. The highest BCUT2D eigenvalue weighted by Gasteiger charge is 2.39. The van der Waals surface area contributed by atoms with Gasteiger partial charge in [0.1, 0.15) is 0 Å². The van der Waals surface area contributed by atoms with Crippen LogP contribution in [0.2, 0.25) is 0 Å². The number of nitrogens with one attached hydrogen (secondary N) is 1. The lowest BCUT2D eigenvalue weighted by atomic mass is 9.76. The summed E-state index contributed by atoms with van der Waals surface area (Å²) in [6.45, 7) is 1.35. The van der Waals surface area contributed by atoms with Crippen LogP contribution in [-0.4, -0.2) is 36.6 Å². The fourth-order valence-corrected chi connectivity index (χ4v) is 3.53. The molecular formula is C12H22N2. The molecule has 14 heavy (non-hydrogen) atoms. The molecule has 2 aliphatic heterocycles. The number of hydrogen-bond acceptors (Lipinski definition) is 2. The minimum Gasteiger partial charge on any atom is -0.310 e. The number of likely N-dealkylation sites (N-methyl/N-ethyl adjacent to an activating group) is 1. The summed E-state index contributed by atoms with van der Waals surface area (Å²) in [7, 11) is 2.31. The van der Waals surface area contributed by atoms with Crippen molar-refractivity contribution in [2.24, 2.45) is 5.92 Å². The molecule has 0 aromatic heterocycles. The molecule has 1 N–H and O–H groups in total. The molecule has 80 valence electrons. The van der Waals surface area contributed by atoms with Gasteiger partial charge in [-0.2, -0.15) is 0 Å². The van der Waals surface area contributed by atoms with Crippen LogP contribution < -0.4 is 5.32 Å². The average Bonchev–Trinajstić information content (AvgIpc) is 2.12. The number of hydrogen-bond donors (Lipinski definition) is 1. The quantitative estimate of drug-likeness (QED) is 0.718. The van der Waals surface area contributed by atoms with Gasteiger partial charge in [0.05, 0.1) is 0 Å². The Bertz CT molecular complexity index is 212. The highest BCUT2D eigenvalue weighted by Crippen LogP contribution is 2.35. The molecular weight excluding hydrogens is 172 g/mol. The zero-order chi connectivity index (χ0) is 9.54. The van der Waals surface area contributed by atoms with Crippen LogP contribution in [-0.2, 0) is 0 Å². The van der Waals surface area contributed by atoms with Gasteiger partial charge in [0.2, 0.25) is 0 Å². The SMILES string of the molecule is CN1CC2CCC1C(NC1CCC1)C2. The molecule has 4 fully saturated rings. The van der Waals surface area contributed by atoms with Crippen LogP contribution in [0.3, 0.4) is 0 Å². The molecule has 4 rings (SSSR count). The number of rotatable bonds is 2. The maximum absolute atomic E-state index is 3.88. The first kappa shape index (κ1) is 9.17. The fourth-order valence-electron chi connectivity index (χ4n) is 3.53. The molecule has 2 saturated heterocycles. The van der Waals surface area contributed by atoms with Gasteiger partial charge in [0, 0.05) is 24.7 Å². The first-order chi connectivity index (χ1) is 6.83. The van der Waals surface area contributed by atoms with E-state index in [1.165, 1.54) is 45.1 Å². The van der Waals surface area contributed by atoms with E-state index in [4.69, 9.17) is 0 Å². The maximum Gasteiger partial charge on any atom is 0.0246 e. The second-order valence-corrected chi connectivity index (χ2v) is 5.59. The molecule has 0 spiro atoms. The lowest BCUT2D eigenvalue weighted by molar-refractivity contribution is 0.0310. The van der Waals surface area contributed by atoms with E-state index in [1.54, 1.807) is 0 Å². The van der Waals surface area contributed by atoms with E-state index in [0.717, 1.165) is 24.0 Å². The van der Waals surface area contributed by atoms with Crippen LogP contribution in [0.25, 0.3) is 0 Å². The summed E-state index contributed by atoms with van der Waals surface area (Å²) in [5.41, 5.74) is 0. The van der Waals surface area contributed by atoms with Crippen molar-refractivity contribution in [3.05, 3.63) is 0 Å². The van der Waals surface area contributed by atoms with Crippen LogP contribution in [0.1, 0.15) is 38.5 Å². The van der Waals surface area contributed by atoms with Gasteiger partial charge in [-0.1, -0.05) is 6.42 Å². The predicted molar refractivity (Wildman–Crippen MR) is 58.3 cm³/mol. The molecule has 3 atom stereocenters. The topological polar surface area (TPSA) is 15.3 Å². The third-order valence-electron chi connectivity index (χ3n) is 4.59. The zero-order valence-corrected chi connectivity index (χ0v) is 9.21. The molecule has 4 aliphatic rings. The first-order valence-electron chi connectivity index (χ1n) is 6.29. The molecule has 3 unspecified atom stereocenters. The van der Waals surface area contributed by atoms with Gasteiger partial charge in [-0.15, -0.1) is 0 Å². The van der Waals surface area contributed by atoms with E-state index in [-0.39, 0.29) is 0 Å². The Labute approximate surface area is 87.0 Å². The van der Waals surface area contributed by atoms with E-state index in [9.17, 15) is 0 Å². The van der Waals surface area contributed by atoms with Crippen molar-refractivity contribution >= 4 is 0 Å². The molecule has 0 radical (unpaired) electrons. The summed E-state index contributed by atoms with van der Waals surface area (Å²) in [5, 5.41) is 3.88. The highest BCUT2D eigenvalue weighted by atomic mass is 15.2. The second-order valence-electron chi connectivity index (χ2n) is 5.59. The van der Waals surface area contributed by atoms with Crippen molar-refractivity contribution in [3.63, 3.8) is 0 Å². The van der Waals surface area contributed by atoms with E-state index in [1.807, 2.05) is 0 Å². The summed E-state index contributed by atoms with van der Waals surface area (Å²) < 4.78 is 0. The van der Waals surface area contributed by atoms with E-state index in [2.05, 4.69) is 17.3 Å².